The van der Waals surface area contributed by atoms with Crippen LogP contribution in [0.25, 0.3) is 0 Å². The van der Waals surface area contributed by atoms with Crippen molar-refractivity contribution in [2.24, 2.45) is 0 Å². The third-order valence-electron chi connectivity index (χ3n) is 5.02. The van der Waals surface area contributed by atoms with E-state index in [-0.39, 0.29) is 12.5 Å². The Balaban J connectivity index is 2.40. The Kier molecular flexibility index (Phi) is 9.70. The smallest absolute Gasteiger partial charge is 0.304 e. The van der Waals surface area contributed by atoms with Crippen LogP contribution in [0.2, 0.25) is 5.02 Å². The minimum absolute atomic E-state index is 0.102. The highest BCUT2D eigenvalue weighted by Crippen LogP contribution is 2.21. The maximum absolute atomic E-state index is 13.5. The van der Waals surface area contributed by atoms with Crippen molar-refractivity contribution in [2.75, 3.05) is 31.5 Å². The number of anilines is 1. The van der Waals surface area contributed by atoms with Crippen LogP contribution in [0.1, 0.15) is 25.8 Å². The fourth-order valence-corrected chi connectivity index (χ4v) is 4.39. The summed E-state index contributed by atoms with van der Waals surface area (Å²) < 4.78 is 28.1. The van der Waals surface area contributed by atoms with Gasteiger partial charge >= 0.3 is 10.2 Å². The summed E-state index contributed by atoms with van der Waals surface area (Å²) in [5.41, 5.74) is 1.08. The number of halogens is 1. The van der Waals surface area contributed by atoms with E-state index in [1.165, 1.54) is 19.0 Å². The number of hydrogen-bond donors (Lipinski definition) is 1. The number of benzene rings is 2. The first kappa shape index (κ1) is 26.6. The van der Waals surface area contributed by atoms with Crippen LogP contribution in [0.5, 0.6) is 0 Å². The molecule has 1 atom stereocenters. The molecule has 2 aromatic rings. The lowest BCUT2D eigenvalue weighted by Crippen LogP contribution is -2.52. The van der Waals surface area contributed by atoms with Gasteiger partial charge in [-0.05, 0) is 43.2 Å². The summed E-state index contributed by atoms with van der Waals surface area (Å²) in [5, 5.41) is 3.30. The highest BCUT2D eigenvalue weighted by molar-refractivity contribution is 7.90. The number of carbonyl (C=O) groups excluding carboxylic acids is 2. The van der Waals surface area contributed by atoms with E-state index < -0.39 is 28.7 Å². The molecule has 0 aliphatic heterocycles. The molecule has 0 aliphatic carbocycles. The van der Waals surface area contributed by atoms with Gasteiger partial charge in [0.25, 0.3) is 0 Å². The molecule has 0 aliphatic rings. The molecular formula is C23H31ClN4O4S. The molecule has 0 radical (unpaired) electrons. The van der Waals surface area contributed by atoms with E-state index in [0.717, 1.165) is 20.6 Å². The maximum atomic E-state index is 13.5. The van der Waals surface area contributed by atoms with Crippen LogP contribution in [0, 0.1) is 0 Å². The number of nitrogens with zero attached hydrogens (tertiary/aromatic N) is 3. The van der Waals surface area contributed by atoms with E-state index in [9.17, 15) is 18.0 Å². The number of amides is 2. The van der Waals surface area contributed by atoms with Gasteiger partial charge in [-0.1, -0.05) is 48.9 Å². The zero-order valence-electron chi connectivity index (χ0n) is 19.4. The van der Waals surface area contributed by atoms with E-state index in [2.05, 4.69) is 5.32 Å². The third-order valence-corrected chi connectivity index (χ3v) is 7.08. The molecule has 2 rings (SSSR count). The SMILES string of the molecule is CCCNC(=O)C(C)N(Cc1cccc(Cl)c1)C(=O)CN(c1ccccc1)S(=O)(=O)N(C)C. The average molecular weight is 495 g/mol. The van der Waals surface area contributed by atoms with Crippen LogP contribution in [0.4, 0.5) is 5.69 Å². The minimum atomic E-state index is -3.96. The van der Waals surface area contributed by atoms with Crippen molar-refractivity contribution in [2.45, 2.75) is 32.9 Å². The van der Waals surface area contributed by atoms with Crippen molar-refractivity contribution in [1.82, 2.24) is 14.5 Å². The Morgan fingerprint density at radius 1 is 1.06 bits per heavy atom. The summed E-state index contributed by atoms with van der Waals surface area (Å²) in [6, 6.07) is 14.6. The number of nitrogens with one attached hydrogen (secondary N) is 1. The zero-order chi connectivity index (χ0) is 24.6. The van der Waals surface area contributed by atoms with Crippen LogP contribution in [0.15, 0.2) is 54.6 Å². The maximum Gasteiger partial charge on any atom is 0.304 e. The molecule has 2 amide bonds. The molecule has 0 heterocycles. The van der Waals surface area contributed by atoms with Crippen LogP contribution < -0.4 is 9.62 Å². The summed E-state index contributed by atoms with van der Waals surface area (Å²) >= 11 is 6.10. The second-order valence-corrected chi connectivity index (χ2v) is 10.3. The van der Waals surface area contributed by atoms with Crippen molar-refractivity contribution in [3.8, 4) is 0 Å². The highest BCUT2D eigenvalue weighted by atomic mass is 35.5. The largest absolute Gasteiger partial charge is 0.354 e. The normalized spacial score (nSPS) is 12.3. The zero-order valence-corrected chi connectivity index (χ0v) is 20.9. The lowest BCUT2D eigenvalue weighted by atomic mass is 10.1. The van der Waals surface area contributed by atoms with E-state index in [1.807, 2.05) is 6.92 Å². The Labute approximate surface area is 201 Å². The molecule has 0 fully saturated rings. The van der Waals surface area contributed by atoms with Gasteiger partial charge in [0.2, 0.25) is 11.8 Å². The molecule has 0 saturated carbocycles. The van der Waals surface area contributed by atoms with Gasteiger partial charge in [-0.25, -0.2) is 4.31 Å². The van der Waals surface area contributed by atoms with Gasteiger partial charge in [0.05, 0.1) is 5.69 Å². The van der Waals surface area contributed by atoms with Gasteiger partial charge in [-0.2, -0.15) is 12.7 Å². The van der Waals surface area contributed by atoms with Crippen molar-refractivity contribution in [1.29, 1.82) is 0 Å². The van der Waals surface area contributed by atoms with E-state index >= 15 is 0 Å². The fourth-order valence-electron chi connectivity index (χ4n) is 3.12. The Hall–Kier alpha value is -2.62. The van der Waals surface area contributed by atoms with Crippen LogP contribution in [0.3, 0.4) is 0 Å². The number of carbonyl (C=O) groups is 2. The Morgan fingerprint density at radius 3 is 2.30 bits per heavy atom. The minimum Gasteiger partial charge on any atom is -0.354 e. The van der Waals surface area contributed by atoms with Crippen LogP contribution >= 0.6 is 11.6 Å². The predicted octanol–water partition coefficient (Wildman–Crippen LogP) is 2.90. The molecule has 1 N–H and O–H groups in total. The first-order valence-corrected chi connectivity index (χ1v) is 12.4. The summed E-state index contributed by atoms with van der Waals surface area (Å²) in [6.45, 7) is 3.68. The fraction of sp³-hybridized carbons (Fsp3) is 0.391. The standard InChI is InChI=1S/C23H31ClN4O4S/c1-5-14-25-23(30)18(2)27(16-19-10-9-11-20(24)15-19)22(29)17-28(33(31,32)26(3)4)21-12-7-6-8-13-21/h6-13,15,18H,5,14,16-17H2,1-4H3,(H,25,30). The summed E-state index contributed by atoms with van der Waals surface area (Å²) in [4.78, 5) is 27.6. The molecule has 0 saturated heterocycles. The van der Waals surface area contributed by atoms with Gasteiger partial charge in [-0.3, -0.25) is 9.59 Å². The Morgan fingerprint density at radius 2 is 1.73 bits per heavy atom. The third kappa shape index (κ3) is 7.18. The van der Waals surface area contributed by atoms with E-state index in [4.69, 9.17) is 11.6 Å². The van der Waals surface area contributed by atoms with Crippen molar-refractivity contribution >= 4 is 39.3 Å². The van der Waals surface area contributed by atoms with Crippen molar-refractivity contribution < 1.29 is 18.0 Å². The Bertz CT molecular complexity index is 1050. The monoisotopic (exact) mass is 494 g/mol. The van der Waals surface area contributed by atoms with Gasteiger partial charge in [0.1, 0.15) is 12.6 Å². The van der Waals surface area contributed by atoms with Crippen LogP contribution in [-0.2, 0) is 26.3 Å². The summed E-state index contributed by atoms with van der Waals surface area (Å²) in [6.07, 6.45) is 0.754. The second-order valence-electron chi connectivity index (χ2n) is 7.75. The van der Waals surface area contributed by atoms with Crippen molar-refractivity contribution in [3.63, 3.8) is 0 Å². The molecule has 2 aromatic carbocycles. The predicted molar refractivity (Wildman–Crippen MR) is 131 cm³/mol. The quantitative estimate of drug-likeness (QED) is 0.520. The lowest BCUT2D eigenvalue weighted by Gasteiger charge is -2.32. The molecule has 1 unspecified atom stereocenters. The number of rotatable bonds is 11. The molecule has 0 spiro atoms. The molecular weight excluding hydrogens is 464 g/mol. The van der Waals surface area contributed by atoms with Crippen LogP contribution in [-0.4, -0.2) is 62.7 Å². The topological polar surface area (TPSA) is 90.0 Å². The van der Waals surface area contributed by atoms with E-state index in [0.29, 0.717) is 17.3 Å². The number of para-hydroxylation sites is 1. The number of hydrogen-bond acceptors (Lipinski definition) is 4. The van der Waals surface area contributed by atoms with Crippen molar-refractivity contribution in [3.05, 3.63) is 65.2 Å². The van der Waals surface area contributed by atoms with Gasteiger partial charge in [0.15, 0.2) is 0 Å². The second kappa shape index (κ2) is 12.0. The molecule has 8 nitrogen and oxygen atoms in total. The van der Waals surface area contributed by atoms with Gasteiger partial charge in [-0.15, -0.1) is 0 Å². The summed E-state index contributed by atoms with van der Waals surface area (Å²) in [7, 11) is -1.16. The molecule has 10 heteroatoms. The first-order valence-electron chi connectivity index (χ1n) is 10.6. The highest BCUT2D eigenvalue weighted by Gasteiger charge is 2.32. The van der Waals surface area contributed by atoms with E-state index in [1.54, 1.807) is 61.5 Å². The molecule has 180 valence electrons. The summed E-state index contributed by atoms with van der Waals surface area (Å²) in [5.74, 6) is -0.822. The molecule has 0 aromatic heterocycles. The molecule has 33 heavy (non-hydrogen) atoms. The average Bonchev–Trinajstić information content (AvgIpc) is 2.79. The van der Waals surface area contributed by atoms with Gasteiger partial charge in [0, 0.05) is 32.2 Å². The first-order chi connectivity index (χ1) is 15.6. The lowest BCUT2D eigenvalue weighted by molar-refractivity contribution is -0.139. The molecule has 0 bridgehead atoms. The van der Waals surface area contributed by atoms with Gasteiger partial charge < -0.3 is 10.2 Å².